The van der Waals surface area contributed by atoms with E-state index in [2.05, 4.69) is 10.3 Å². The number of aromatic nitrogens is 1. The summed E-state index contributed by atoms with van der Waals surface area (Å²) in [5.41, 5.74) is 1.48. The molecule has 6 heteroatoms. The molecule has 1 N–H and O–H groups in total. The number of nitrogens with zero attached hydrogens (tertiary/aromatic N) is 1. The molecule has 0 unspecified atom stereocenters. The van der Waals surface area contributed by atoms with Crippen LogP contribution in [0.5, 0.6) is 5.75 Å². The van der Waals surface area contributed by atoms with Crippen molar-refractivity contribution in [2.45, 2.75) is 0 Å². The number of amides is 1. The molecule has 4 nitrogen and oxygen atoms in total. The minimum Gasteiger partial charge on any atom is -0.484 e. The maximum absolute atomic E-state index is 12.9. The number of halogens is 1. The zero-order chi connectivity index (χ0) is 16.1. The van der Waals surface area contributed by atoms with E-state index in [0.717, 1.165) is 5.56 Å². The molecule has 0 fully saturated rings. The zero-order valence-corrected chi connectivity index (χ0v) is 12.8. The third-order valence-corrected chi connectivity index (χ3v) is 3.76. The highest BCUT2D eigenvalue weighted by atomic mass is 32.1. The minimum absolute atomic E-state index is 0.0878. The third-order valence-electron chi connectivity index (χ3n) is 3.00. The van der Waals surface area contributed by atoms with Crippen LogP contribution < -0.4 is 10.1 Å². The largest absolute Gasteiger partial charge is 0.484 e. The quantitative estimate of drug-likeness (QED) is 0.771. The number of rotatable bonds is 5. The normalized spacial score (nSPS) is 10.3. The van der Waals surface area contributed by atoms with Gasteiger partial charge >= 0.3 is 0 Å². The van der Waals surface area contributed by atoms with Crippen molar-refractivity contribution >= 4 is 22.4 Å². The van der Waals surface area contributed by atoms with Crippen LogP contribution in [0.15, 0.2) is 60.0 Å². The van der Waals surface area contributed by atoms with E-state index in [1.807, 2.05) is 18.2 Å². The van der Waals surface area contributed by atoms with E-state index in [9.17, 15) is 9.18 Å². The topological polar surface area (TPSA) is 51.2 Å². The number of anilines is 1. The van der Waals surface area contributed by atoms with E-state index in [0.29, 0.717) is 16.6 Å². The molecule has 23 heavy (non-hydrogen) atoms. The summed E-state index contributed by atoms with van der Waals surface area (Å²) in [7, 11) is 0. The molecule has 1 aromatic heterocycles. The average molecular weight is 328 g/mol. The molecule has 0 aliphatic heterocycles. The molecule has 0 aliphatic carbocycles. The first-order valence-corrected chi connectivity index (χ1v) is 7.78. The Hall–Kier alpha value is -2.73. The van der Waals surface area contributed by atoms with Crippen molar-refractivity contribution in [3.8, 4) is 17.0 Å². The van der Waals surface area contributed by atoms with Crippen molar-refractivity contribution in [1.82, 2.24) is 4.98 Å². The Bertz CT molecular complexity index is 788. The lowest BCUT2D eigenvalue weighted by Gasteiger charge is -2.05. The van der Waals surface area contributed by atoms with E-state index in [1.165, 1.54) is 23.5 Å². The van der Waals surface area contributed by atoms with Crippen LogP contribution in [0.1, 0.15) is 0 Å². The van der Waals surface area contributed by atoms with Gasteiger partial charge in [-0.05, 0) is 36.4 Å². The van der Waals surface area contributed by atoms with Crippen LogP contribution >= 0.6 is 11.3 Å². The maximum Gasteiger partial charge on any atom is 0.264 e. The van der Waals surface area contributed by atoms with E-state index in [-0.39, 0.29) is 18.3 Å². The monoisotopic (exact) mass is 328 g/mol. The highest BCUT2D eigenvalue weighted by Gasteiger charge is 2.09. The molecule has 1 heterocycles. The highest BCUT2D eigenvalue weighted by molar-refractivity contribution is 7.14. The molecule has 0 saturated heterocycles. The van der Waals surface area contributed by atoms with Crippen molar-refractivity contribution in [1.29, 1.82) is 0 Å². The molecule has 0 saturated carbocycles. The van der Waals surface area contributed by atoms with Gasteiger partial charge in [-0.1, -0.05) is 18.2 Å². The second-order valence-electron chi connectivity index (χ2n) is 4.69. The minimum atomic E-state index is -0.296. The predicted octanol–water partition coefficient (Wildman–Crippen LogP) is 3.97. The Balaban J connectivity index is 1.58. The molecule has 0 atom stereocenters. The van der Waals surface area contributed by atoms with E-state index >= 15 is 0 Å². The Morgan fingerprint density at radius 2 is 1.87 bits per heavy atom. The van der Waals surface area contributed by atoms with Crippen LogP contribution in [0.2, 0.25) is 0 Å². The van der Waals surface area contributed by atoms with Crippen LogP contribution in [-0.2, 0) is 4.79 Å². The number of ether oxygens (including phenoxy) is 1. The Morgan fingerprint density at radius 3 is 2.61 bits per heavy atom. The van der Waals surface area contributed by atoms with E-state index < -0.39 is 0 Å². The fourth-order valence-electron chi connectivity index (χ4n) is 1.91. The van der Waals surface area contributed by atoms with Crippen LogP contribution in [0.25, 0.3) is 11.3 Å². The zero-order valence-electron chi connectivity index (χ0n) is 12.0. The number of para-hydroxylation sites is 1. The summed E-state index contributed by atoms with van der Waals surface area (Å²) in [6, 6.07) is 15.2. The number of thiazole rings is 1. The number of hydrogen-bond donors (Lipinski definition) is 1. The third kappa shape index (κ3) is 4.14. The van der Waals surface area contributed by atoms with E-state index in [1.54, 1.807) is 29.6 Å². The molecule has 2 aromatic carbocycles. The van der Waals surface area contributed by atoms with Gasteiger partial charge in [0.2, 0.25) is 0 Å². The van der Waals surface area contributed by atoms with Crippen molar-refractivity contribution in [3.63, 3.8) is 0 Å². The summed E-state index contributed by atoms with van der Waals surface area (Å²) in [6.45, 7) is -0.0878. The standard InChI is InChI=1S/C17H13FN2O2S/c18-13-8-6-12(7-9-13)15-11-23-17(19-15)20-16(21)10-22-14-4-2-1-3-5-14/h1-9,11H,10H2,(H,19,20,21). The first-order valence-electron chi connectivity index (χ1n) is 6.90. The number of nitrogens with one attached hydrogen (secondary N) is 1. The Labute approximate surface area is 136 Å². The Kier molecular flexibility index (Phi) is 4.63. The lowest BCUT2D eigenvalue weighted by Crippen LogP contribution is -2.19. The maximum atomic E-state index is 12.9. The molecule has 0 bridgehead atoms. The molecule has 3 aromatic rings. The smallest absolute Gasteiger partial charge is 0.264 e. The average Bonchev–Trinajstić information content (AvgIpc) is 3.03. The van der Waals surface area contributed by atoms with Gasteiger partial charge in [0.05, 0.1) is 5.69 Å². The fourth-order valence-corrected chi connectivity index (χ4v) is 2.64. The molecule has 0 aliphatic rings. The van der Waals surface area contributed by atoms with Crippen molar-refractivity contribution < 1.29 is 13.9 Å². The highest BCUT2D eigenvalue weighted by Crippen LogP contribution is 2.25. The van der Waals surface area contributed by atoms with Gasteiger partial charge in [0.1, 0.15) is 11.6 Å². The van der Waals surface area contributed by atoms with Gasteiger partial charge in [0.15, 0.2) is 11.7 Å². The van der Waals surface area contributed by atoms with Crippen LogP contribution in [0.3, 0.4) is 0 Å². The summed E-state index contributed by atoms with van der Waals surface area (Å²) >= 11 is 1.31. The van der Waals surface area contributed by atoms with Crippen LogP contribution in [0, 0.1) is 5.82 Å². The number of benzene rings is 2. The molecular weight excluding hydrogens is 315 g/mol. The number of carbonyl (C=O) groups is 1. The second kappa shape index (κ2) is 7.02. The summed E-state index contributed by atoms with van der Waals surface area (Å²) in [6.07, 6.45) is 0. The SMILES string of the molecule is O=C(COc1ccccc1)Nc1nc(-c2ccc(F)cc2)cs1. The molecular formula is C17H13FN2O2S. The first-order chi connectivity index (χ1) is 11.2. The van der Waals surface area contributed by atoms with Crippen molar-refractivity contribution in [3.05, 3.63) is 65.8 Å². The molecule has 0 radical (unpaired) electrons. The van der Waals surface area contributed by atoms with Gasteiger partial charge in [-0.15, -0.1) is 11.3 Å². The first kappa shape index (κ1) is 15.2. The number of carbonyl (C=O) groups excluding carboxylic acids is 1. The van der Waals surface area contributed by atoms with Crippen LogP contribution in [0.4, 0.5) is 9.52 Å². The fraction of sp³-hybridized carbons (Fsp3) is 0.0588. The predicted molar refractivity (Wildman–Crippen MR) is 88.1 cm³/mol. The lowest BCUT2D eigenvalue weighted by atomic mass is 10.2. The summed E-state index contributed by atoms with van der Waals surface area (Å²) in [5, 5.41) is 4.97. The van der Waals surface area contributed by atoms with Gasteiger partial charge in [0, 0.05) is 10.9 Å². The summed E-state index contributed by atoms with van der Waals surface area (Å²) in [5.74, 6) is 0.0539. The molecule has 1 amide bonds. The molecule has 116 valence electrons. The van der Waals surface area contributed by atoms with E-state index in [4.69, 9.17) is 4.74 Å². The molecule has 0 spiro atoms. The van der Waals surface area contributed by atoms with Gasteiger partial charge in [-0.2, -0.15) is 0 Å². The van der Waals surface area contributed by atoms with Gasteiger partial charge in [0.25, 0.3) is 5.91 Å². The Morgan fingerprint density at radius 1 is 1.13 bits per heavy atom. The van der Waals surface area contributed by atoms with Gasteiger partial charge in [-0.3, -0.25) is 10.1 Å². The summed E-state index contributed by atoms with van der Waals surface area (Å²) < 4.78 is 18.3. The van der Waals surface area contributed by atoms with Crippen LogP contribution in [-0.4, -0.2) is 17.5 Å². The lowest BCUT2D eigenvalue weighted by molar-refractivity contribution is -0.118. The van der Waals surface area contributed by atoms with Gasteiger partial charge < -0.3 is 4.74 Å². The molecule has 3 rings (SSSR count). The van der Waals surface area contributed by atoms with Gasteiger partial charge in [-0.25, -0.2) is 9.37 Å². The second-order valence-corrected chi connectivity index (χ2v) is 5.55. The van der Waals surface area contributed by atoms with Crippen molar-refractivity contribution in [2.75, 3.05) is 11.9 Å². The summed E-state index contributed by atoms with van der Waals surface area (Å²) in [4.78, 5) is 16.2. The van der Waals surface area contributed by atoms with Crippen molar-refractivity contribution in [2.24, 2.45) is 0 Å². The number of hydrogen-bond acceptors (Lipinski definition) is 4.